The van der Waals surface area contributed by atoms with E-state index in [1.807, 2.05) is 24.3 Å². The van der Waals surface area contributed by atoms with Gasteiger partial charge in [0.25, 0.3) is 5.69 Å². The predicted octanol–water partition coefficient (Wildman–Crippen LogP) is 3.82. The molecule has 0 bridgehead atoms. The molecule has 0 radical (unpaired) electrons. The fourth-order valence-electron chi connectivity index (χ4n) is 1.63. The molecular formula is C14H12INO3. The molecular weight excluding hydrogens is 357 g/mol. The monoisotopic (exact) mass is 369 g/mol. The average Bonchev–Trinajstić information content (AvgIpc) is 2.39. The Morgan fingerprint density at radius 3 is 2.53 bits per heavy atom. The van der Waals surface area contributed by atoms with E-state index in [1.165, 1.54) is 12.1 Å². The first-order valence-electron chi connectivity index (χ1n) is 5.77. The number of non-ortho nitro benzene ring substituents is 1. The maximum absolute atomic E-state index is 10.5. The molecule has 0 atom stereocenters. The minimum atomic E-state index is -0.397. The van der Waals surface area contributed by atoms with Crippen LogP contribution >= 0.6 is 22.6 Å². The molecule has 0 unspecified atom stereocenters. The molecule has 0 amide bonds. The molecule has 2 aromatic carbocycles. The average molecular weight is 369 g/mol. The van der Waals surface area contributed by atoms with Gasteiger partial charge in [-0.3, -0.25) is 10.1 Å². The van der Waals surface area contributed by atoms with Gasteiger partial charge in [-0.1, -0.05) is 18.2 Å². The Bertz CT molecular complexity index is 569. The number of nitro benzene ring substituents is 1. The van der Waals surface area contributed by atoms with E-state index in [1.54, 1.807) is 12.1 Å². The van der Waals surface area contributed by atoms with Crippen molar-refractivity contribution in [3.05, 3.63) is 67.8 Å². The van der Waals surface area contributed by atoms with Gasteiger partial charge in [0, 0.05) is 22.1 Å². The first-order valence-corrected chi connectivity index (χ1v) is 6.85. The van der Waals surface area contributed by atoms with E-state index in [-0.39, 0.29) is 5.69 Å². The van der Waals surface area contributed by atoms with Crippen LogP contribution in [0.3, 0.4) is 0 Å². The van der Waals surface area contributed by atoms with Crippen molar-refractivity contribution < 1.29 is 9.66 Å². The summed E-state index contributed by atoms with van der Waals surface area (Å²) in [6.45, 7) is 0.553. The summed E-state index contributed by atoms with van der Waals surface area (Å²) >= 11 is 2.23. The molecule has 0 aliphatic carbocycles. The summed E-state index contributed by atoms with van der Waals surface area (Å²) in [5, 5.41) is 10.5. The van der Waals surface area contributed by atoms with Crippen molar-refractivity contribution in [3.63, 3.8) is 0 Å². The van der Waals surface area contributed by atoms with E-state index in [4.69, 9.17) is 4.74 Å². The number of hydrogen-bond acceptors (Lipinski definition) is 3. The predicted molar refractivity (Wildman–Crippen MR) is 81.5 cm³/mol. The number of halogens is 1. The van der Waals surface area contributed by atoms with Crippen molar-refractivity contribution in [3.8, 4) is 5.75 Å². The van der Waals surface area contributed by atoms with Crippen LogP contribution in [-0.2, 0) is 6.42 Å². The molecule has 0 aliphatic rings. The van der Waals surface area contributed by atoms with Crippen molar-refractivity contribution in [2.75, 3.05) is 6.61 Å². The molecule has 19 heavy (non-hydrogen) atoms. The molecule has 0 heterocycles. The van der Waals surface area contributed by atoms with Crippen molar-refractivity contribution in [1.82, 2.24) is 0 Å². The summed E-state index contributed by atoms with van der Waals surface area (Å²) in [5.74, 6) is 0.841. The van der Waals surface area contributed by atoms with Gasteiger partial charge in [0.05, 0.1) is 11.5 Å². The third-order valence-electron chi connectivity index (χ3n) is 2.60. The SMILES string of the molecule is O=[N+]([O-])c1ccc(CCOc2cccc(I)c2)cc1. The van der Waals surface area contributed by atoms with Gasteiger partial charge < -0.3 is 4.74 Å². The topological polar surface area (TPSA) is 52.4 Å². The lowest BCUT2D eigenvalue weighted by Crippen LogP contribution is -2.01. The molecule has 0 spiro atoms. The Balaban J connectivity index is 1.87. The quantitative estimate of drug-likeness (QED) is 0.458. The Hall–Kier alpha value is -1.63. The Morgan fingerprint density at radius 2 is 1.89 bits per heavy atom. The van der Waals surface area contributed by atoms with E-state index >= 15 is 0 Å². The first kappa shape index (κ1) is 13.8. The van der Waals surface area contributed by atoms with Crippen LogP contribution in [0.1, 0.15) is 5.56 Å². The van der Waals surface area contributed by atoms with Crippen LogP contribution in [0.4, 0.5) is 5.69 Å². The van der Waals surface area contributed by atoms with Crippen molar-refractivity contribution in [1.29, 1.82) is 0 Å². The lowest BCUT2D eigenvalue weighted by molar-refractivity contribution is -0.384. The Kier molecular flexibility index (Phi) is 4.73. The van der Waals surface area contributed by atoms with E-state index in [0.29, 0.717) is 6.61 Å². The van der Waals surface area contributed by atoms with Gasteiger partial charge in [-0.15, -0.1) is 0 Å². The first-order chi connectivity index (χ1) is 9.15. The van der Waals surface area contributed by atoms with E-state index in [2.05, 4.69) is 22.6 Å². The Morgan fingerprint density at radius 1 is 1.16 bits per heavy atom. The second-order valence-corrected chi connectivity index (χ2v) is 5.23. The van der Waals surface area contributed by atoms with Gasteiger partial charge in [-0.25, -0.2) is 0 Å². The minimum absolute atomic E-state index is 0.113. The summed E-state index contributed by atoms with van der Waals surface area (Å²) in [4.78, 5) is 10.1. The third kappa shape index (κ3) is 4.20. The van der Waals surface area contributed by atoms with Crippen molar-refractivity contribution >= 4 is 28.3 Å². The second kappa shape index (κ2) is 6.51. The number of nitro groups is 1. The van der Waals surface area contributed by atoms with Crippen molar-refractivity contribution in [2.45, 2.75) is 6.42 Å². The van der Waals surface area contributed by atoms with Gasteiger partial charge in [0.15, 0.2) is 0 Å². The van der Waals surface area contributed by atoms with E-state index in [9.17, 15) is 10.1 Å². The van der Waals surface area contributed by atoms with Gasteiger partial charge >= 0.3 is 0 Å². The maximum Gasteiger partial charge on any atom is 0.269 e. The van der Waals surface area contributed by atoms with Crippen LogP contribution < -0.4 is 4.74 Å². The maximum atomic E-state index is 10.5. The molecule has 0 aromatic heterocycles. The standard InChI is InChI=1S/C14H12INO3/c15-12-2-1-3-14(10-12)19-9-8-11-4-6-13(7-5-11)16(17)18/h1-7,10H,8-9H2. The lowest BCUT2D eigenvalue weighted by atomic mass is 10.1. The van der Waals surface area contributed by atoms with Gasteiger partial charge in [-0.2, -0.15) is 0 Å². The summed E-state index contributed by atoms with van der Waals surface area (Å²) in [6, 6.07) is 14.4. The molecule has 98 valence electrons. The molecule has 0 aliphatic heterocycles. The molecule has 4 nitrogen and oxygen atoms in total. The van der Waals surface area contributed by atoms with Crippen LogP contribution in [0, 0.1) is 13.7 Å². The highest BCUT2D eigenvalue weighted by Crippen LogP contribution is 2.16. The fraction of sp³-hybridized carbons (Fsp3) is 0.143. The zero-order valence-corrected chi connectivity index (χ0v) is 12.2. The summed E-state index contributed by atoms with van der Waals surface area (Å²) in [7, 11) is 0. The van der Waals surface area contributed by atoms with Crippen LogP contribution in [0.2, 0.25) is 0 Å². The second-order valence-electron chi connectivity index (χ2n) is 3.98. The number of benzene rings is 2. The van der Waals surface area contributed by atoms with Gasteiger partial charge in [0.2, 0.25) is 0 Å². The summed E-state index contributed by atoms with van der Waals surface area (Å²) in [6.07, 6.45) is 0.726. The molecule has 2 aromatic rings. The highest BCUT2D eigenvalue weighted by atomic mass is 127. The highest BCUT2D eigenvalue weighted by Gasteiger charge is 2.03. The molecule has 5 heteroatoms. The van der Waals surface area contributed by atoms with Crippen LogP contribution in [0.15, 0.2) is 48.5 Å². The normalized spacial score (nSPS) is 10.2. The smallest absolute Gasteiger partial charge is 0.269 e. The highest BCUT2D eigenvalue weighted by molar-refractivity contribution is 14.1. The summed E-state index contributed by atoms with van der Waals surface area (Å²) in [5.41, 5.74) is 1.14. The van der Waals surface area contributed by atoms with Gasteiger partial charge in [0.1, 0.15) is 5.75 Å². The molecule has 0 saturated heterocycles. The van der Waals surface area contributed by atoms with E-state index in [0.717, 1.165) is 21.3 Å². The number of hydrogen-bond donors (Lipinski definition) is 0. The number of nitrogens with zero attached hydrogens (tertiary/aromatic N) is 1. The van der Waals surface area contributed by atoms with Crippen LogP contribution in [0.25, 0.3) is 0 Å². The zero-order chi connectivity index (χ0) is 13.7. The molecule has 0 saturated carbocycles. The lowest BCUT2D eigenvalue weighted by Gasteiger charge is -2.06. The zero-order valence-electron chi connectivity index (χ0n) is 10.1. The fourth-order valence-corrected chi connectivity index (χ4v) is 2.14. The van der Waals surface area contributed by atoms with Gasteiger partial charge in [-0.05, 0) is 46.4 Å². The molecule has 0 N–H and O–H groups in total. The van der Waals surface area contributed by atoms with Crippen LogP contribution in [-0.4, -0.2) is 11.5 Å². The third-order valence-corrected chi connectivity index (χ3v) is 3.27. The summed E-state index contributed by atoms with van der Waals surface area (Å²) < 4.78 is 6.76. The molecule has 0 fully saturated rings. The number of ether oxygens (including phenoxy) is 1. The van der Waals surface area contributed by atoms with E-state index < -0.39 is 4.92 Å². The molecule has 2 rings (SSSR count). The largest absolute Gasteiger partial charge is 0.493 e. The van der Waals surface area contributed by atoms with Crippen LogP contribution in [0.5, 0.6) is 5.75 Å². The van der Waals surface area contributed by atoms with Crippen molar-refractivity contribution in [2.24, 2.45) is 0 Å². The minimum Gasteiger partial charge on any atom is -0.493 e. The number of rotatable bonds is 5. The Labute approximate surface area is 124 Å².